The van der Waals surface area contributed by atoms with Gasteiger partial charge in [-0.05, 0) is 54.3 Å². The van der Waals surface area contributed by atoms with Crippen molar-refractivity contribution in [2.24, 2.45) is 0 Å². The van der Waals surface area contributed by atoms with Crippen molar-refractivity contribution in [1.82, 2.24) is 9.62 Å². The third-order valence-electron chi connectivity index (χ3n) is 6.30. The summed E-state index contributed by atoms with van der Waals surface area (Å²) in [5, 5.41) is 2.93. The molecule has 2 aromatic rings. The first-order chi connectivity index (χ1) is 15.7. The number of hydrogen-bond acceptors (Lipinski definition) is 5. The molecule has 2 aromatic carbocycles. The average Bonchev–Trinajstić information content (AvgIpc) is 3.45. The van der Waals surface area contributed by atoms with Crippen LogP contribution in [-0.2, 0) is 32.6 Å². The molecule has 4 rings (SSSR count). The molecule has 0 aromatic heterocycles. The summed E-state index contributed by atoms with van der Waals surface area (Å²) in [6.45, 7) is 2.82. The van der Waals surface area contributed by atoms with Crippen molar-refractivity contribution < 1.29 is 18.0 Å². The third-order valence-corrected chi connectivity index (χ3v) is 8.19. The minimum atomic E-state index is -3.57. The van der Waals surface area contributed by atoms with E-state index in [1.54, 1.807) is 12.1 Å². The van der Waals surface area contributed by atoms with E-state index in [0.717, 1.165) is 24.1 Å². The summed E-state index contributed by atoms with van der Waals surface area (Å²) in [6.07, 6.45) is 2.01. The van der Waals surface area contributed by atoms with Crippen LogP contribution in [0.2, 0.25) is 0 Å². The number of sulfonamides is 1. The molecule has 0 unspecified atom stereocenters. The van der Waals surface area contributed by atoms with Crippen LogP contribution in [0.15, 0.2) is 47.4 Å². The van der Waals surface area contributed by atoms with Gasteiger partial charge in [0, 0.05) is 58.4 Å². The Hall–Kier alpha value is -2.91. The first-order valence-electron chi connectivity index (χ1n) is 11.2. The third kappa shape index (κ3) is 4.60. The lowest BCUT2D eigenvalue weighted by Crippen LogP contribution is -2.47. The van der Waals surface area contributed by atoms with Crippen LogP contribution in [-0.4, -0.2) is 57.8 Å². The van der Waals surface area contributed by atoms with Crippen LogP contribution in [0, 0.1) is 0 Å². The van der Waals surface area contributed by atoms with Crippen LogP contribution in [0.3, 0.4) is 0 Å². The number of carbonyl (C=O) groups is 2. The number of amides is 2. The van der Waals surface area contributed by atoms with Crippen LogP contribution in [0.5, 0.6) is 0 Å². The van der Waals surface area contributed by atoms with Crippen LogP contribution in [0.25, 0.3) is 0 Å². The molecule has 2 aliphatic rings. The lowest BCUT2D eigenvalue weighted by Gasteiger charge is -2.23. The molecule has 0 spiro atoms. The highest BCUT2D eigenvalue weighted by Gasteiger charge is 2.38. The Morgan fingerprint density at radius 2 is 1.73 bits per heavy atom. The monoisotopic (exact) mass is 470 g/mol. The summed E-state index contributed by atoms with van der Waals surface area (Å²) in [4.78, 5) is 29.1. The maximum Gasteiger partial charge on any atom is 0.243 e. The van der Waals surface area contributed by atoms with Gasteiger partial charge in [0.25, 0.3) is 0 Å². The molecule has 9 heteroatoms. The topological polar surface area (TPSA) is 90.0 Å². The van der Waals surface area contributed by atoms with Crippen molar-refractivity contribution in [3.63, 3.8) is 0 Å². The number of nitrogens with one attached hydrogen (secondary N) is 1. The zero-order chi connectivity index (χ0) is 23.8. The normalized spacial score (nSPS) is 18.3. The maximum absolute atomic E-state index is 13.0. The Morgan fingerprint density at radius 3 is 2.33 bits per heavy atom. The Morgan fingerprint density at radius 1 is 1.06 bits per heavy atom. The smallest absolute Gasteiger partial charge is 0.243 e. The minimum absolute atomic E-state index is 0.216. The lowest BCUT2D eigenvalue weighted by molar-refractivity contribution is -0.125. The molecule has 176 valence electrons. The number of carbonyl (C=O) groups excluding carboxylic acids is 2. The van der Waals surface area contributed by atoms with Gasteiger partial charge in [-0.15, -0.1) is 0 Å². The molecule has 8 nitrogen and oxygen atoms in total. The number of rotatable bonds is 6. The van der Waals surface area contributed by atoms with E-state index in [-0.39, 0.29) is 23.1 Å². The second kappa shape index (κ2) is 9.15. The summed E-state index contributed by atoms with van der Waals surface area (Å²) < 4.78 is 27.4. The van der Waals surface area contributed by atoms with Gasteiger partial charge in [0.15, 0.2) is 0 Å². The Balaban J connectivity index is 1.51. The van der Waals surface area contributed by atoms with E-state index < -0.39 is 16.1 Å². The van der Waals surface area contributed by atoms with Crippen LogP contribution in [0.4, 0.5) is 11.4 Å². The largest absolute Gasteiger partial charge is 0.378 e. The maximum atomic E-state index is 13.0. The summed E-state index contributed by atoms with van der Waals surface area (Å²) in [7, 11) is 0.364. The molecule has 1 saturated heterocycles. The van der Waals surface area contributed by atoms with Gasteiger partial charge in [0.1, 0.15) is 6.04 Å². The molecule has 1 N–H and O–H groups in total. The zero-order valence-electron chi connectivity index (χ0n) is 19.2. The molecule has 2 aliphatic heterocycles. The SMILES string of the molecule is CC(=O)N1c2ccc(S(=O)(=O)N3CCCC3)cc2C[C@H]1C(=O)NCc1ccc(N(C)C)cc1. The second-order valence-electron chi connectivity index (χ2n) is 8.79. The fraction of sp³-hybridized carbons (Fsp3) is 0.417. The predicted octanol–water partition coefficient (Wildman–Crippen LogP) is 2.13. The van der Waals surface area contributed by atoms with E-state index in [2.05, 4.69) is 5.32 Å². The molecule has 2 amide bonds. The van der Waals surface area contributed by atoms with Crippen molar-refractivity contribution in [2.75, 3.05) is 37.0 Å². The van der Waals surface area contributed by atoms with Gasteiger partial charge >= 0.3 is 0 Å². The van der Waals surface area contributed by atoms with Crippen LogP contribution in [0.1, 0.15) is 30.9 Å². The fourth-order valence-corrected chi connectivity index (χ4v) is 6.05. The molecule has 0 saturated carbocycles. The summed E-state index contributed by atoms with van der Waals surface area (Å²) >= 11 is 0. The zero-order valence-corrected chi connectivity index (χ0v) is 20.1. The van der Waals surface area contributed by atoms with Gasteiger partial charge in [-0.3, -0.25) is 14.5 Å². The lowest BCUT2D eigenvalue weighted by atomic mass is 10.1. The predicted molar refractivity (Wildman–Crippen MR) is 128 cm³/mol. The van der Waals surface area contributed by atoms with Crippen molar-refractivity contribution in [3.05, 3.63) is 53.6 Å². The number of fused-ring (bicyclic) bond motifs is 1. The standard InChI is InChI=1S/C24H30N4O4S/c1-17(29)28-22-11-10-21(33(31,32)27-12-4-5-13-27)14-19(22)15-23(28)24(30)25-16-18-6-8-20(9-7-18)26(2)3/h6-11,14,23H,4-5,12-13,15-16H2,1-3H3,(H,25,30)/t23-/m0/s1. The van der Waals surface area contributed by atoms with E-state index in [1.807, 2.05) is 43.3 Å². The summed E-state index contributed by atoms with van der Waals surface area (Å²) in [5.41, 5.74) is 3.32. The van der Waals surface area contributed by atoms with E-state index in [9.17, 15) is 18.0 Å². The first kappa shape index (κ1) is 23.3. The number of hydrogen-bond donors (Lipinski definition) is 1. The summed E-state index contributed by atoms with van der Waals surface area (Å²) in [5.74, 6) is -0.513. The minimum Gasteiger partial charge on any atom is -0.378 e. The number of nitrogens with zero attached hydrogens (tertiary/aromatic N) is 3. The van der Waals surface area contributed by atoms with Gasteiger partial charge in [0.2, 0.25) is 21.8 Å². The van der Waals surface area contributed by atoms with E-state index in [0.29, 0.717) is 30.9 Å². The number of benzene rings is 2. The van der Waals surface area contributed by atoms with Gasteiger partial charge in [-0.2, -0.15) is 4.31 Å². The van der Waals surface area contributed by atoms with Gasteiger partial charge in [-0.25, -0.2) is 8.42 Å². The van der Waals surface area contributed by atoms with Gasteiger partial charge in [-0.1, -0.05) is 12.1 Å². The quantitative estimate of drug-likeness (QED) is 0.699. The van der Waals surface area contributed by atoms with Gasteiger partial charge < -0.3 is 10.2 Å². The fourth-order valence-electron chi connectivity index (χ4n) is 4.48. The van der Waals surface area contributed by atoms with E-state index in [4.69, 9.17) is 0 Å². The number of anilines is 2. The second-order valence-corrected chi connectivity index (χ2v) is 10.7. The molecular formula is C24H30N4O4S. The molecule has 33 heavy (non-hydrogen) atoms. The van der Waals surface area contributed by atoms with Crippen molar-refractivity contribution in [3.8, 4) is 0 Å². The van der Waals surface area contributed by atoms with Crippen molar-refractivity contribution >= 4 is 33.2 Å². The van der Waals surface area contributed by atoms with Gasteiger partial charge in [0.05, 0.1) is 4.90 Å². The Bertz CT molecular complexity index is 1160. The summed E-state index contributed by atoms with van der Waals surface area (Å²) in [6, 6.07) is 12.0. The molecule has 0 bridgehead atoms. The molecule has 1 atom stereocenters. The van der Waals surface area contributed by atoms with E-state index in [1.165, 1.54) is 22.2 Å². The highest BCUT2D eigenvalue weighted by atomic mass is 32.2. The average molecular weight is 471 g/mol. The molecular weight excluding hydrogens is 440 g/mol. The van der Waals surface area contributed by atoms with Crippen molar-refractivity contribution in [2.45, 2.75) is 43.7 Å². The molecule has 0 aliphatic carbocycles. The molecule has 1 fully saturated rings. The van der Waals surface area contributed by atoms with Crippen LogP contribution < -0.4 is 15.1 Å². The van der Waals surface area contributed by atoms with E-state index >= 15 is 0 Å². The van der Waals surface area contributed by atoms with Crippen LogP contribution >= 0.6 is 0 Å². The highest BCUT2D eigenvalue weighted by molar-refractivity contribution is 7.89. The molecule has 0 radical (unpaired) electrons. The van der Waals surface area contributed by atoms with Crippen molar-refractivity contribution in [1.29, 1.82) is 0 Å². The first-order valence-corrected chi connectivity index (χ1v) is 12.6. The Kier molecular flexibility index (Phi) is 6.45. The molecule has 2 heterocycles. The Labute approximate surface area is 195 Å². The highest BCUT2D eigenvalue weighted by Crippen LogP contribution is 2.35.